The van der Waals surface area contributed by atoms with Crippen LogP contribution in [0.4, 0.5) is 5.69 Å². The van der Waals surface area contributed by atoms with Gasteiger partial charge < -0.3 is 10.1 Å². The molecule has 1 N–H and O–H groups in total. The van der Waals surface area contributed by atoms with E-state index in [1.165, 1.54) is 24.3 Å². The van der Waals surface area contributed by atoms with Gasteiger partial charge in [0, 0.05) is 5.02 Å². The molecular formula is C26H29ClN2O4S. The highest BCUT2D eigenvalue weighted by molar-refractivity contribution is 7.92. The molecule has 0 aliphatic heterocycles. The lowest BCUT2D eigenvalue weighted by Crippen LogP contribution is -2.42. The molecule has 0 saturated heterocycles. The van der Waals surface area contributed by atoms with Gasteiger partial charge in [0.2, 0.25) is 5.91 Å². The van der Waals surface area contributed by atoms with Crippen LogP contribution in [0.5, 0.6) is 5.75 Å². The van der Waals surface area contributed by atoms with Crippen LogP contribution >= 0.6 is 11.6 Å². The normalized spacial score (nSPS) is 12.1. The summed E-state index contributed by atoms with van der Waals surface area (Å²) in [6, 6.07) is 18.4. The zero-order valence-electron chi connectivity index (χ0n) is 19.7. The minimum absolute atomic E-state index is 0.0584. The third-order valence-corrected chi connectivity index (χ3v) is 7.62. The standard InChI is InChI=1S/C26H29ClN2O4S/c1-5-24(20-8-15-25(33-4)19(3)16-20)28-26(30)17-29(22-11-6-18(2)7-12-22)34(31,32)23-13-9-21(27)10-14-23/h6-16,24H,5,17H2,1-4H3,(H,28,30). The van der Waals surface area contributed by atoms with E-state index in [9.17, 15) is 13.2 Å². The van der Waals surface area contributed by atoms with E-state index in [2.05, 4.69) is 5.32 Å². The van der Waals surface area contributed by atoms with E-state index >= 15 is 0 Å². The van der Waals surface area contributed by atoms with Gasteiger partial charge in [-0.2, -0.15) is 0 Å². The summed E-state index contributed by atoms with van der Waals surface area (Å²) in [4.78, 5) is 13.2. The van der Waals surface area contributed by atoms with Crippen molar-refractivity contribution in [3.63, 3.8) is 0 Å². The minimum Gasteiger partial charge on any atom is -0.496 e. The molecule has 0 aliphatic carbocycles. The number of hydrogen-bond donors (Lipinski definition) is 1. The van der Waals surface area contributed by atoms with Gasteiger partial charge >= 0.3 is 0 Å². The predicted molar refractivity (Wildman–Crippen MR) is 136 cm³/mol. The molecule has 1 unspecified atom stereocenters. The lowest BCUT2D eigenvalue weighted by atomic mass is 10.0. The van der Waals surface area contributed by atoms with E-state index in [-0.39, 0.29) is 17.5 Å². The number of hydrogen-bond acceptors (Lipinski definition) is 4. The van der Waals surface area contributed by atoms with Gasteiger partial charge in [0.15, 0.2) is 0 Å². The van der Waals surface area contributed by atoms with Crippen molar-refractivity contribution >= 4 is 33.2 Å². The van der Waals surface area contributed by atoms with Crippen LogP contribution < -0.4 is 14.4 Å². The monoisotopic (exact) mass is 500 g/mol. The van der Waals surface area contributed by atoms with Crippen molar-refractivity contribution in [2.24, 2.45) is 0 Å². The highest BCUT2D eigenvalue weighted by Crippen LogP contribution is 2.27. The maximum absolute atomic E-state index is 13.5. The van der Waals surface area contributed by atoms with Crippen molar-refractivity contribution in [1.29, 1.82) is 0 Å². The first-order valence-corrected chi connectivity index (χ1v) is 12.8. The fraction of sp³-hybridized carbons (Fsp3) is 0.269. The quantitative estimate of drug-likeness (QED) is 0.425. The van der Waals surface area contributed by atoms with Gasteiger partial charge in [-0.15, -0.1) is 0 Å². The van der Waals surface area contributed by atoms with Gasteiger partial charge in [-0.25, -0.2) is 8.42 Å². The summed E-state index contributed by atoms with van der Waals surface area (Å²) in [7, 11) is -2.39. The fourth-order valence-corrected chi connectivity index (χ4v) is 5.22. The second kappa shape index (κ2) is 10.9. The van der Waals surface area contributed by atoms with Crippen LogP contribution in [0.15, 0.2) is 71.6 Å². The number of sulfonamides is 1. The summed E-state index contributed by atoms with van der Waals surface area (Å²) in [6.45, 7) is 5.46. The Labute approximate surface area is 206 Å². The number of methoxy groups -OCH3 is 1. The van der Waals surface area contributed by atoms with Crippen molar-refractivity contribution in [3.8, 4) is 5.75 Å². The number of rotatable bonds is 9. The van der Waals surface area contributed by atoms with Crippen molar-refractivity contribution in [2.75, 3.05) is 18.0 Å². The predicted octanol–water partition coefficient (Wildman–Crippen LogP) is 5.43. The van der Waals surface area contributed by atoms with Gasteiger partial charge in [0.05, 0.1) is 23.7 Å². The highest BCUT2D eigenvalue weighted by Gasteiger charge is 2.28. The molecule has 3 aromatic rings. The molecule has 1 atom stereocenters. The second-order valence-electron chi connectivity index (χ2n) is 8.06. The first kappa shape index (κ1) is 25.6. The van der Waals surface area contributed by atoms with E-state index in [1.54, 1.807) is 19.2 Å². The van der Waals surface area contributed by atoms with E-state index < -0.39 is 15.9 Å². The van der Waals surface area contributed by atoms with Crippen LogP contribution in [-0.2, 0) is 14.8 Å². The van der Waals surface area contributed by atoms with Gasteiger partial charge in [0.1, 0.15) is 12.3 Å². The number of amides is 1. The number of nitrogens with one attached hydrogen (secondary N) is 1. The molecule has 6 nitrogen and oxygen atoms in total. The SMILES string of the molecule is CCC(NC(=O)CN(c1ccc(C)cc1)S(=O)(=O)c1ccc(Cl)cc1)c1ccc(OC)c(C)c1. The molecular weight excluding hydrogens is 472 g/mol. The number of nitrogens with zero attached hydrogens (tertiary/aromatic N) is 1. The molecule has 3 rings (SSSR count). The Balaban J connectivity index is 1.89. The zero-order valence-corrected chi connectivity index (χ0v) is 21.3. The summed E-state index contributed by atoms with van der Waals surface area (Å²) < 4.78 is 33.4. The summed E-state index contributed by atoms with van der Waals surface area (Å²) >= 11 is 5.94. The number of ether oxygens (including phenoxy) is 1. The van der Waals surface area contributed by atoms with E-state index in [4.69, 9.17) is 16.3 Å². The Kier molecular flexibility index (Phi) is 8.23. The van der Waals surface area contributed by atoms with Gasteiger partial charge in [0.25, 0.3) is 10.0 Å². The Morgan fingerprint density at radius 2 is 1.68 bits per heavy atom. The average molecular weight is 501 g/mol. The van der Waals surface area contributed by atoms with Crippen molar-refractivity contribution in [2.45, 2.75) is 38.1 Å². The molecule has 8 heteroatoms. The zero-order chi connectivity index (χ0) is 24.9. The van der Waals surface area contributed by atoms with Crippen LogP contribution in [0.2, 0.25) is 5.02 Å². The Morgan fingerprint density at radius 3 is 2.24 bits per heavy atom. The molecule has 3 aromatic carbocycles. The third-order valence-electron chi connectivity index (χ3n) is 5.58. The van der Waals surface area contributed by atoms with Crippen molar-refractivity contribution < 1.29 is 17.9 Å². The minimum atomic E-state index is -4.00. The molecule has 0 aromatic heterocycles. The first-order chi connectivity index (χ1) is 16.1. The molecule has 0 fully saturated rings. The smallest absolute Gasteiger partial charge is 0.264 e. The van der Waals surface area contributed by atoms with Crippen molar-refractivity contribution in [1.82, 2.24) is 5.32 Å². The summed E-state index contributed by atoms with van der Waals surface area (Å²) in [6.07, 6.45) is 0.645. The lowest BCUT2D eigenvalue weighted by molar-refractivity contribution is -0.120. The molecule has 0 heterocycles. The number of anilines is 1. The number of benzene rings is 3. The average Bonchev–Trinajstić information content (AvgIpc) is 2.82. The Morgan fingerprint density at radius 1 is 1.03 bits per heavy atom. The summed E-state index contributed by atoms with van der Waals surface area (Å²) in [5.41, 5.74) is 3.28. The van der Waals surface area contributed by atoms with E-state index in [0.717, 1.165) is 26.7 Å². The number of carbonyl (C=O) groups excluding carboxylic acids is 1. The van der Waals surface area contributed by atoms with E-state index in [0.29, 0.717) is 17.1 Å². The Bertz CT molecular complexity index is 1240. The van der Waals surface area contributed by atoms with Crippen LogP contribution in [0, 0.1) is 13.8 Å². The van der Waals surface area contributed by atoms with Crippen molar-refractivity contribution in [3.05, 3.63) is 88.4 Å². The molecule has 34 heavy (non-hydrogen) atoms. The highest BCUT2D eigenvalue weighted by atomic mass is 35.5. The van der Waals surface area contributed by atoms with Gasteiger partial charge in [-0.3, -0.25) is 9.10 Å². The molecule has 0 saturated carbocycles. The summed E-state index contributed by atoms with van der Waals surface area (Å²) in [5.74, 6) is 0.364. The Hall–Kier alpha value is -3.03. The van der Waals surface area contributed by atoms with Crippen LogP contribution in [-0.4, -0.2) is 28.0 Å². The molecule has 0 bridgehead atoms. The van der Waals surface area contributed by atoms with Crippen LogP contribution in [0.3, 0.4) is 0 Å². The number of carbonyl (C=O) groups is 1. The van der Waals surface area contributed by atoms with Crippen LogP contribution in [0.25, 0.3) is 0 Å². The lowest BCUT2D eigenvalue weighted by Gasteiger charge is -2.26. The maximum Gasteiger partial charge on any atom is 0.264 e. The molecule has 0 aliphatic rings. The second-order valence-corrected chi connectivity index (χ2v) is 10.4. The first-order valence-electron chi connectivity index (χ1n) is 10.9. The number of aryl methyl sites for hydroxylation is 2. The van der Waals surface area contributed by atoms with Crippen LogP contribution in [0.1, 0.15) is 36.1 Å². The number of halogens is 1. The van der Waals surface area contributed by atoms with Gasteiger partial charge in [-0.1, -0.05) is 48.4 Å². The molecule has 0 radical (unpaired) electrons. The fourth-order valence-electron chi connectivity index (χ4n) is 3.67. The molecule has 0 spiro atoms. The summed E-state index contributed by atoms with van der Waals surface area (Å²) in [5, 5.41) is 3.41. The topological polar surface area (TPSA) is 75.7 Å². The third kappa shape index (κ3) is 5.90. The molecule has 1 amide bonds. The molecule has 180 valence electrons. The maximum atomic E-state index is 13.5. The largest absolute Gasteiger partial charge is 0.496 e. The van der Waals surface area contributed by atoms with Gasteiger partial charge in [-0.05, 0) is 73.9 Å². The van der Waals surface area contributed by atoms with E-state index in [1.807, 2.05) is 51.1 Å².